The summed E-state index contributed by atoms with van der Waals surface area (Å²) in [5, 5.41) is 0. The van der Waals surface area contributed by atoms with Crippen LogP contribution >= 0.6 is 0 Å². The van der Waals surface area contributed by atoms with Crippen LogP contribution in [0.4, 0.5) is 0 Å². The Kier molecular flexibility index (Phi) is 6.95. The molecule has 2 heterocycles. The molecule has 0 saturated carbocycles. The molecule has 0 bridgehead atoms. The molecule has 0 radical (unpaired) electrons. The highest BCUT2D eigenvalue weighted by atomic mass is 32.2. The summed E-state index contributed by atoms with van der Waals surface area (Å²) in [5.41, 5.74) is 0. The van der Waals surface area contributed by atoms with Crippen LogP contribution in [0.15, 0.2) is 23.1 Å². The van der Waals surface area contributed by atoms with Crippen LogP contribution in [0.1, 0.15) is 39.5 Å². The smallest absolute Gasteiger partial charge is 0.136 e. The normalized spacial score (nSPS) is 22.3. The lowest BCUT2D eigenvalue weighted by atomic mass is 9.95. The van der Waals surface area contributed by atoms with Crippen molar-refractivity contribution in [3.05, 3.63) is 18.2 Å². The zero-order valence-electron chi connectivity index (χ0n) is 16.3. The van der Waals surface area contributed by atoms with Crippen molar-refractivity contribution >= 4 is 11.0 Å². The van der Waals surface area contributed by atoms with E-state index in [2.05, 4.69) is 16.1 Å². The third kappa shape index (κ3) is 4.59. The Labute approximate surface area is 160 Å². The molecule has 0 spiro atoms. The van der Waals surface area contributed by atoms with Crippen molar-refractivity contribution in [3.63, 3.8) is 0 Å². The number of likely N-dealkylation sites (tertiary alicyclic amines) is 1. The first-order valence-corrected chi connectivity index (χ1v) is 10.9. The van der Waals surface area contributed by atoms with Crippen molar-refractivity contribution in [2.75, 3.05) is 39.9 Å². The molecule has 6 heteroatoms. The first kappa shape index (κ1) is 19.6. The van der Waals surface area contributed by atoms with E-state index in [1.54, 1.807) is 7.11 Å². The Bertz CT molecular complexity index is 609. The van der Waals surface area contributed by atoms with Crippen LogP contribution in [-0.2, 0) is 11.0 Å². The van der Waals surface area contributed by atoms with Gasteiger partial charge < -0.3 is 14.4 Å². The van der Waals surface area contributed by atoms with Crippen LogP contribution in [-0.4, -0.2) is 59.4 Å². The van der Waals surface area contributed by atoms with Gasteiger partial charge in [0.1, 0.15) is 27.4 Å². The van der Waals surface area contributed by atoms with Crippen LogP contribution in [0, 0.1) is 5.92 Å². The number of benzene rings is 1. The summed E-state index contributed by atoms with van der Waals surface area (Å²) < 4.78 is 26.2. The van der Waals surface area contributed by atoms with Gasteiger partial charge in [-0.3, -0.25) is 0 Å². The summed E-state index contributed by atoms with van der Waals surface area (Å²) in [4.78, 5) is 3.36. The van der Waals surface area contributed by atoms with E-state index in [0.717, 1.165) is 37.6 Å². The van der Waals surface area contributed by atoms with Gasteiger partial charge >= 0.3 is 0 Å². The van der Waals surface area contributed by atoms with Crippen LogP contribution in [0.2, 0.25) is 0 Å². The average molecular weight is 381 g/mol. The molecule has 2 aliphatic heterocycles. The van der Waals surface area contributed by atoms with Gasteiger partial charge in [0.25, 0.3) is 0 Å². The predicted octanol–water partition coefficient (Wildman–Crippen LogP) is 3.31. The van der Waals surface area contributed by atoms with Crippen LogP contribution in [0.5, 0.6) is 11.5 Å². The number of ether oxygens (including phenoxy) is 2. The van der Waals surface area contributed by atoms with Gasteiger partial charge in [-0.15, -0.1) is 0 Å². The standard InChI is InChI=1S/C20H32N2O3S/c1-4-25-18-5-6-19(24-3)20(15-18)26(23)22-13-9-17(10-14-22)21-11-7-16(2)8-12-21/h5-6,15-17H,4,7-14H2,1-3H3. The lowest BCUT2D eigenvalue weighted by Gasteiger charge is -2.41. The third-order valence-electron chi connectivity index (χ3n) is 5.63. The Balaban J connectivity index is 1.62. The molecule has 3 rings (SSSR count). The number of rotatable bonds is 6. The number of nitrogens with zero attached hydrogens (tertiary/aromatic N) is 2. The van der Waals surface area contributed by atoms with Gasteiger partial charge in [0, 0.05) is 25.2 Å². The Hall–Kier alpha value is -1.11. The number of hydrogen-bond donors (Lipinski definition) is 0. The van der Waals surface area contributed by atoms with E-state index in [0.29, 0.717) is 23.3 Å². The van der Waals surface area contributed by atoms with E-state index in [1.165, 1.54) is 25.9 Å². The molecule has 2 aliphatic rings. The molecule has 0 aliphatic carbocycles. The van der Waals surface area contributed by atoms with E-state index < -0.39 is 11.0 Å². The molecule has 26 heavy (non-hydrogen) atoms. The highest BCUT2D eigenvalue weighted by Crippen LogP contribution is 2.31. The Morgan fingerprint density at radius 2 is 1.81 bits per heavy atom. The zero-order valence-corrected chi connectivity index (χ0v) is 17.1. The fourth-order valence-corrected chi connectivity index (χ4v) is 5.32. The lowest BCUT2D eigenvalue weighted by Crippen LogP contribution is -2.47. The molecular formula is C20H32N2O3S. The van der Waals surface area contributed by atoms with E-state index in [-0.39, 0.29) is 0 Å². The number of hydrogen-bond acceptors (Lipinski definition) is 4. The molecule has 0 aromatic heterocycles. The Morgan fingerprint density at radius 1 is 1.12 bits per heavy atom. The molecule has 2 fully saturated rings. The molecule has 1 unspecified atom stereocenters. The molecule has 1 atom stereocenters. The van der Waals surface area contributed by atoms with Gasteiger partial charge in [-0.2, -0.15) is 0 Å². The second kappa shape index (κ2) is 9.20. The van der Waals surface area contributed by atoms with Crippen molar-refractivity contribution in [1.82, 2.24) is 9.21 Å². The third-order valence-corrected chi connectivity index (χ3v) is 7.16. The molecule has 2 saturated heterocycles. The molecule has 0 amide bonds. The summed E-state index contributed by atoms with van der Waals surface area (Å²) in [5.74, 6) is 2.27. The van der Waals surface area contributed by atoms with Crippen LogP contribution in [0.3, 0.4) is 0 Å². The highest BCUT2D eigenvalue weighted by molar-refractivity contribution is 7.82. The summed E-state index contributed by atoms with van der Waals surface area (Å²) in [7, 11) is 0.414. The van der Waals surface area contributed by atoms with Crippen molar-refractivity contribution in [1.29, 1.82) is 0 Å². The van der Waals surface area contributed by atoms with Gasteiger partial charge in [-0.25, -0.2) is 8.51 Å². The monoisotopic (exact) mass is 380 g/mol. The maximum Gasteiger partial charge on any atom is 0.136 e. The van der Waals surface area contributed by atoms with Crippen molar-refractivity contribution in [3.8, 4) is 11.5 Å². The van der Waals surface area contributed by atoms with Crippen LogP contribution < -0.4 is 9.47 Å². The largest absolute Gasteiger partial charge is 0.495 e. The van der Waals surface area contributed by atoms with Crippen LogP contribution in [0.25, 0.3) is 0 Å². The first-order chi connectivity index (χ1) is 12.6. The molecule has 146 valence electrons. The minimum Gasteiger partial charge on any atom is -0.495 e. The Morgan fingerprint density at radius 3 is 2.42 bits per heavy atom. The summed E-state index contributed by atoms with van der Waals surface area (Å²) in [6.07, 6.45) is 4.81. The zero-order chi connectivity index (χ0) is 18.5. The number of piperidine rings is 2. The van der Waals surface area contributed by atoms with E-state index >= 15 is 0 Å². The maximum absolute atomic E-state index is 13.1. The van der Waals surface area contributed by atoms with E-state index in [1.807, 2.05) is 25.1 Å². The lowest BCUT2D eigenvalue weighted by molar-refractivity contribution is 0.102. The number of methoxy groups -OCH3 is 1. The minimum absolute atomic E-state index is 0.595. The van der Waals surface area contributed by atoms with E-state index in [9.17, 15) is 4.21 Å². The SMILES string of the molecule is CCOc1ccc(OC)c(S(=O)N2CCC(N3CCC(C)CC3)CC2)c1. The second-order valence-corrected chi connectivity index (χ2v) is 8.83. The van der Waals surface area contributed by atoms with Gasteiger partial charge in [0.05, 0.1) is 13.7 Å². The van der Waals surface area contributed by atoms with Gasteiger partial charge in [-0.1, -0.05) is 6.92 Å². The summed E-state index contributed by atoms with van der Waals surface area (Å²) >= 11 is 0. The van der Waals surface area contributed by atoms with Crippen molar-refractivity contribution in [2.45, 2.75) is 50.5 Å². The molecular weight excluding hydrogens is 348 g/mol. The molecule has 5 nitrogen and oxygen atoms in total. The first-order valence-electron chi connectivity index (χ1n) is 9.84. The molecule has 0 N–H and O–H groups in total. The van der Waals surface area contributed by atoms with Crippen molar-refractivity contribution in [2.24, 2.45) is 5.92 Å². The molecule has 1 aromatic rings. The fourth-order valence-electron chi connectivity index (χ4n) is 3.96. The fraction of sp³-hybridized carbons (Fsp3) is 0.700. The molecule has 1 aromatic carbocycles. The maximum atomic E-state index is 13.1. The van der Waals surface area contributed by atoms with Gasteiger partial charge in [0.15, 0.2) is 0 Å². The summed E-state index contributed by atoms with van der Waals surface area (Å²) in [6, 6.07) is 6.22. The summed E-state index contributed by atoms with van der Waals surface area (Å²) in [6.45, 7) is 9.08. The second-order valence-electron chi connectivity index (χ2n) is 7.37. The van der Waals surface area contributed by atoms with Crippen molar-refractivity contribution < 1.29 is 13.7 Å². The van der Waals surface area contributed by atoms with Gasteiger partial charge in [0.2, 0.25) is 0 Å². The minimum atomic E-state index is -1.21. The van der Waals surface area contributed by atoms with E-state index in [4.69, 9.17) is 9.47 Å². The van der Waals surface area contributed by atoms with Gasteiger partial charge in [-0.05, 0) is 63.7 Å². The average Bonchev–Trinajstić information content (AvgIpc) is 2.68. The topological polar surface area (TPSA) is 42.0 Å². The predicted molar refractivity (Wildman–Crippen MR) is 105 cm³/mol. The quantitative estimate of drug-likeness (QED) is 0.759. The highest BCUT2D eigenvalue weighted by Gasteiger charge is 2.30.